The molecular formula is C14H16N2O3. The van der Waals surface area contributed by atoms with Gasteiger partial charge in [-0.3, -0.25) is 9.59 Å². The number of hydrogen-bond acceptors (Lipinski definition) is 3. The number of likely N-dealkylation sites (tertiary alicyclic amines) is 1. The summed E-state index contributed by atoms with van der Waals surface area (Å²) < 4.78 is 5.95. The number of para-hydroxylation sites is 1. The van der Waals surface area contributed by atoms with Crippen LogP contribution in [0.5, 0.6) is 5.75 Å². The molecule has 0 N–H and O–H groups in total. The highest BCUT2D eigenvalue weighted by molar-refractivity contribution is 5.97. The van der Waals surface area contributed by atoms with Gasteiger partial charge < -0.3 is 14.5 Å². The van der Waals surface area contributed by atoms with Crippen molar-refractivity contribution in [1.82, 2.24) is 9.80 Å². The molecule has 0 radical (unpaired) electrons. The third-order valence-corrected chi connectivity index (χ3v) is 3.90. The van der Waals surface area contributed by atoms with Gasteiger partial charge in [0.05, 0.1) is 18.2 Å². The van der Waals surface area contributed by atoms with Crippen molar-refractivity contribution < 1.29 is 14.3 Å². The van der Waals surface area contributed by atoms with Crippen molar-refractivity contribution >= 4 is 11.8 Å². The molecule has 2 heterocycles. The SMILES string of the molecule is CC(=O)N1C[C@@H]2Oc3ccccc3C(=O)N(C)[C@@H]2C1. The van der Waals surface area contributed by atoms with Crippen LogP contribution in [-0.4, -0.2) is 53.9 Å². The zero-order valence-electron chi connectivity index (χ0n) is 11.0. The highest BCUT2D eigenvalue weighted by atomic mass is 16.5. The number of nitrogens with zero attached hydrogens (tertiary/aromatic N) is 2. The lowest BCUT2D eigenvalue weighted by atomic mass is 10.1. The third kappa shape index (κ3) is 1.85. The first-order chi connectivity index (χ1) is 9.08. The summed E-state index contributed by atoms with van der Waals surface area (Å²) in [4.78, 5) is 27.3. The number of likely N-dealkylation sites (N-methyl/N-ethyl adjacent to an activating group) is 1. The van der Waals surface area contributed by atoms with Gasteiger partial charge in [-0.1, -0.05) is 12.1 Å². The summed E-state index contributed by atoms with van der Waals surface area (Å²) in [6.07, 6.45) is -0.151. The molecule has 5 nitrogen and oxygen atoms in total. The standard InChI is InChI=1S/C14H16N2O3/c1-9(17)16-7-11-13(8-16)19-12-6-4-3-5-10(12)14(18)15(11)2/h3-6,11,13H,7-8H2,1-2H3/t11-,13+/m1/s1. The molecule has 1 fully saturated rings. The van der Waals surface area contributed by atoms with Gasteiger partial charge >= 0.3 is 0 Å². The average Bonchev–Trinajstić information content (AvgIpc) is 2.78. The lowest BCUT2D eigenvalue weighted by Gasteiger charge is -2.24. The largest absolute Gasteiger partial charge is 0.486 e. The van der Waals surface area contributed by atoms with E-state index in [2.05, 4.69) is 0 Å². The molecule has 1 saturated heterocycles. The van der Waals surface area contributed by atoms with Crippen molar-refractivity contribution in [2.75, 3.05) is 20.1 Å². The predicted molar refractivity (Wildman–Crippen MR) is 69.0 cm³/mol. The topological polar surface area (TPSA) is 49.9 Å². The molecule has 2 aliphatic heterocycles. The van der Waals surface area contributed by atoms with Crippen LogP contribution in [0, 0.1) is 0 Å². The number of ether oxygens (including phenoxy) is 1. The van der Waals surface area contributed by atoms with E-state index in [1.807, 2.05) is 12.1 Å². The van der Waals surface area contributed by atoms with Crippen LogP contribution in [0.15, 0.2) is 24.3 Å². The van der Waals surface area contributed by atoms with Gasteiger partial charge in [-0.05, 0) is 12.1 Å². The van der Waals surface area contributed by atoms with Crippen molar-refractivity contribution in [3.63, 3.8) is 0 Å². The van der Waals surface area contributed by atoms with E-state index in [-0.39, 0.29) is 24.0 Å². The number of rotatable bonds is 0. The molecule has 19 heavy (non-hydrogen) atoms. The Bertz CT molecular complexity index is 543. The van der Waals surface area contributed by atoms with E-state index in [1.165, 1.54) is 0 Å². The Morgan fingerprint density at radius 2 is 2.05 bits per heavy atom. The molecule has 0 bridgehead atoms. The molecule has 0 aliphatic carbocycles. The predicted octanol–water partition coefficient (Wildman–Crippen LogP) is 0.750. The van der Waals surface area contributed by atoms with Crippen molar-refractivity contribution in [3.05, 3.63) is 29.8 Å². The lowest BCUT2D eigenvalue weighted by molar-refractivity contribution is -0.128. The Balaban J connectivity index is 1.97. The van der Waals surface area contributed by atoms with E-state index >= 15 is 0 Å². The van der Waals surface area contributed by atoms with E-state index in [0.29, 0.717) is 24.4 Å². The Morgan fingerprint density at radius 3 is 2.79 bits per heavy atom. The second-order valence-electron chi connectivity index (χ2n) is 5.06. The van der Waals surface area contributed by atoms with Crippen LogP contribution in [0.1, 0.15) is 17.3 Å². The van der Waals surface area contributed by atoms with Crippen molar-refractivity contribution in [3.8, 4) is 5.75 Å². The smallest absolute Gasteiger partial charge is 0.257 e. The van der Waals surface area contributed by atoms with Crippen LogP contribution < -0.4 is 4.74 Å². The summed E-state index contributed by atoms with van der Waals surface area (Å²) in [5, 5.41) is 0. The van der Waals surface area contributed by atoms with Gasteiger partial charge in [-0.25, -0.2) is 0 Å². The van der Waals surface area contributed by atoms with Gasteiger partial charge in [-0.2, -0.15) is 0 Å². The highest BCUT2D eigenvalue weighted by Crippen LogP contribution is 2.30. The van der Waals surface area contributed by atoms with Crippen molar-refractivity contribution in [1.29, 1.82) is 0 Å². The summed E-state index contributed by atoms with van der Waals surface area (Å²) in [6, 6.07) is 7.18. The monoisotopic (exact) mass is 260 g/mol. The van der Waals surface area contributed by atoms with Crippen molar-refractivity contribution in [2.45, 2.75) is 19.1 Å². The Hall–Kier alpha value is -2.04. The zero-order chi connectivity index (χ0) is 13.6. The molecule has 0 spiro atoms. The maximum Gasteiger partial charge on any atom is 0.257 e. The number of hydrogen-bond donors (Lipinski definition) is 0. The normalized spacial score (nSPS) is 25.5. The van der Waals surface area contributed by atoms with Crippen LogP contribution in [0.25, 0.3) is 0 Å². The quantitative estimate of drug-likeness (QED) is 0.691. The molecule has 1 aromatic carbocycles. The maximum absolute atomic E-state index is 12.4. The van der Waals surface area contributed by atoms with Crippen LogP contribution in [0.4, 0.5) is 0 Å². The van der Waals surface area contributed by atoms with E-state index in [9.17, 15) is 9.59 Å². The number of carbonyl (C=O) groups is 2. The van der Waals surface area contributed by atoms with Gasteiger partial charge in [0, 0.05) is 20.5 Å². The van der Waals surface area contributed by atoms with Crippen LogP contribution in [-0.2, 0) is 4.79 Å². The summed E-state index contributed by atoms with van der Waals surface area (Å²) in [5.41, 5.74) is 0.591. The summed E-state index contributed by atoms with van der Waals surface area (Å²) in [5.74, 6) is 0.580. The second-order valence-corrected chi connectivity index (χ2v) is 5.06. The van der Waals surface area contributed by atoms with Crippen LogP contribution >= 0.6 is 0 Å². The third-order valence-electron chi connectivity index (χ3n) is 3.90. The molecule has 5 heteroatoms. The minimum absolute atomic E-state index is 0.0193. The maximum atomic E-state index is 12.4. The van der Waals surface area contributed by atoms with Gasteiger partial charge in [0.25, 0.3) is 5.91 Å². The molecule has 0 aromatic heterocycles. The van der Waals surface area contributed by atoms with Crippen molar-refractivity contribution in [2.24, 2.45) is 0 Å². The fourth-order valence-electron chi connectivity index (χ4n) is 2.75. The number of fused-ring (bicyclic) bond motifs is 2. The van der Waals surface area contributed by atoms with E-state index < -0.39 is 0 Å². The highest BCUT2D eigenvalue weighted by Gasteiger charge is 2.42. The Morgan fingerprint density at radius 1 is 1.32 bits per heavy atom. The molecular weight excluding hydrogens is 244 g/mol. The molecule has 2 aliphatic rings. The van der Waals surface area contributed by atoms with Gasteiger partial charge in [0.1, 0.15) is 11.9 Å². The van der Waals surface area contributed by atoms with Crippen LogP contribution in [0.2, 0.25) is 0 Å². The second kappa shape index (κ2) is 4.26. The Kier molecular flexibility index (Phi) is 2.69. The first kappa shape index (κ1) is 12.0. The fourth-order valence-corrected chi connectivity index (χ4v) is 2.75. The summed E-state index contributed by atoms with van der Waals surface area (Å²) in [6.45, 7) is 2.61. The first-order valence-electron chi connectivity index (χ1n) is 6.36. The van der Waals surface area contributed by atoms with Gasteiger partial charge in [0.2, 0.25) is 5.91 Å². The van der Waals surface area contributed by atoms with Crippen LogP contribution in [0.3, 0.4) is 0 Å². The summed E-state index contributed by atoms with van der Waals surface area (Å²) >= 11 is 0. The summed E-state index contributed by atoms with van der Waals surface area (Å²) in [7, 11) is 1.77. The molecule has 2 atom stereocenters. The Labute approximate surface area is 111 Å². The van der Waals surface area contributed by atoms with Gasteiger partial charge in [0.15, 0.2) is 0 Å². The molecule has 100 valence electrons. The molecule has 0 saturated carbocycles. The van der Waals surface area contributed by atoms with E-state index in [4.69, 9.17) is 4.74 Å². The molecule has 2 amide bonds. The number of benzene rings is 1. The van der Waals surface area contributed by atoms with E-state index in [0.717, 1.165) is 0 Å². The first-order valence-corrected chi connectivity index (χ1v) is 6.36. The fraction of sp³-hybridized carbons (Fsp3) is 0.429. The minimum atomic E-state index is -0.151. The molecule has 3 rings (SSSR count). The van der Waals surface area contributed by atoms with E-state index in [1.54, 1.807) is 35.9 Å². The zero-order valence-corrected chi connectivity index (χ0v) is 11.0. The molecule has 0 unspecified atom stereocenters. The minimum Gasteiger partial charge on any atom is -0.486 e. The molecule has 1 aromatic rings. The number of amides is 2. The lowest BCUT2D eigenvalue weighted by Crippen LogP contribution is -2.44. The average molecular weight is 260 g/mol. The number of carbonyl (C=O) groups excluding carboxylic acids is 2. The van der Waals surface area contributed by atoms with Gasteiger partial charge in [-0.15, -0.1) is 0 Å².